The monoisotopic (exact) mass is 553 g/mol. The molecule has 0 fully saturated rings. The molecule has 1 heterocycles. The van der Waals surface area contributed by atoms with Gasteiger partial charge >= 0.3 is 0 Å². The van der Waals surface area contributed by atoms with Crippen molar-refractivity contribution in [1.82, 2.24) is 0 Å². The quantitative estimate of drug-likeness (QED) is 0.205. The van der Waals surface area contributed by atoms with Crippen molar-refractivity contribution in [2.24, 2.45) is 0 Å². The minimum Gasteiger partial charge on any atom is -0.309 e. The summed E-state index contributed by atoms with van der Waals surface area (Å²) in [6, 6.07) is 59.0. The van der Waals surface area contributed by atoms with Crippen molar-refractivity contribution in [3.63, 3.8) is 0 Å². The van der Waals surface area contributed by atoms with Crippen molar-refractivity contribution in [2.75, 3.05) is 4.90 Å². The lowest BCUT2D eigenvalue weighted by Crippen LogP contribution is -2.09. The minimum atomic E-state index is 1.14. The molecule has 42 heavy (non-hydrogen) atoms. The van der Waals surface area contributed by atoms with Crippen molar-refractivity contribution in [2.45, 2.75) is 0 Å². The molecule has 2 heteroatoms. The van der Waals surface area contributed by atoms with Gasteiger partial charge in [-0.2, -0.15) is 0 Å². The van der Waals surface area contributed by atoms with E-state index in [0.717, 1.165) is 11.4 Å². The molecule has 0 amide bonds. The third kappa shape index (κ3) is 4.16. The standard InChI is InChI=1S/C40H27NS/c1-3-12-28(13-4-1)33-17-9-10-18-34(33)30-22-25-32(26-23-30)41(31-15-5-2-6-16-31)38-21-11-20-36-37-27-24-29-14-7-8-19-35(29)39(37)42-40(36)38/h1-27H. The topological polar surface area (TPSA) is 3.24 Å². The van der Waals surface area contributed by atoms with Gasteiger partial charge in [-0.3, -0.25) is 0 Å². The van der Waals surface area contributed by atoms with Crippen LogP contribution in [0.25, 0.3) is 53.2 Å². The molecule has 0 aliphatic carbocycles. The minimum absolute atomic E-state index is 1.14. The van der Waals surface area contributed by atoms with E-state index in [9.17, 15) is 0 Å². The zero-order valence-corrected chi connectivity index (χ0v) is 23.8. The maximum atomic E-state index is 2.40. The Hall–Kier alpha value is -5.18. The highest BCUT2D eigenvalue weighted by Crippen LogP contribution is 2.46. The molecule has 8 aromatic rings. The van der Waals surface area contributed by atoms with E-state index >= 15 is 0 Å². The van der Waals surface area contributed by atoms with Crippen LogP contribution in [0.4, 0.5) is 17.1 Å². The Morgan fingerprint density at radius 1 is 0.357 bits per heavy atom. The highest BCUT2D eigenvalue weighted by Gasteiger charge is 2.19. The van der Waals surface area contributed by atoms with Gasteiger partial charge in [-0.05, 0) is 63.4 Å². The van der Waals surface area contributed by atoms with Crippen LogP contribution in [-0.4, -0.2) is 0 Å². The van der Waals surface area contributed by atoms with Gasteiger partial charge in [0, 0.05) is 26.8 Å². The van der Waals surface area contributed by atoms with Gasteiger partial charge < -0.3 is 4.90 Å². The molecular weight excluding hydrogens is 527 g/mol. The lowest BCUT2D eigenvalue weighted by molar-refractivity contribution is 1.30. The number of para-hydroxylation sites is 1. The number of rotatable bonds is 5. The Labute approximate surface area is 249 Å². The lowest BCUT2D eigenvalue weighted by atomic mass is 9.94. The third-order valence-electron chi connectivity index (χ3n) is 8.07. The summed E-state index contributed by atoms with van der Waals surface area (Å²) in [6.45, 7) is 0. The second kappa shape index (κ2) is 10.3. The molecule has 0 bridgehead atoms. The van der Waals surface area contributed by atoms with Crippen molar-refractivity contribution in [3.05, 3.63) is 164 Å². The first-order chi connectivity index (χ1) is 20.8. The van der Waals surface area contributed by atoms with Gasteiger partial charge in [-0.15, -0.1) is 11.3 Å². The summed E-state index contributed by atoms with van der Waals surface area (Å²) in [7, 11) is 0. The number of anilines is 3. The van der Waals surface area contributed by atoms with Crippen LogP contribution in [0.2, 0.25) is 0 Å². The second-order valence-corrected chi connectivity index (χ2v) is 11.6. The first-order valence-electron chi connectivity index (χ1n) is 14.3. The third-order valence-corrected chi connectivity index (χ3v) is 9.35. The predicted molar refractivity (Wildman–Crippen MR) is 182 cm³/mol. The number of hydrogen-bond donors (Lipinski definition) is 0. The fourth-order valence-electron chi connectivity index (χ4n) is 6.09. The summed E-state index contributed by atoms with van der Waals surface area (Å²) in [5, 5.41) is 5.21. The van der Waals surface area contributed by atoms with E-state index in [4.69, 9.17) is 0 Å². The van der Waals surface area contributed by atoms with Crippen LogP contribution in [-0.2, 0) is 0 Å². The molecule has 0 radical (unpaired) electrons. The van der Waals surface area contributed by atoms with E-state index < -0.39 is 0 Å². The van der Waals surface area contributed by atoms with E-state index in [2.05, 4.69) is 169 Å². The highest BCUT2D eigenvalue weighted by atomic mass is 32.1. The van der Waals surface area contributed by atoms with Crippen LogP contribution < -0.4 is 4.90 Å². The summed E-state index contributed by atoms with van der Waals surface area (Å²) < 4.78 is 2.64. The zero-order chi connectivity index (χ0) is 27.9. The van der Waals surface area contributed by atoms with E-state index in [1.54, 1.807) is 0 Å². The van der Waals surface area contributed by atoms with Crippen LogP contribution in [0.15, 0.2) is 164 Å². The maximum absolute atomic E-state index is 2.40. The van der Waals surface area contributed by atoms with Crippen LogP contribution in [0, 0.1) is 0 Å². The first-order valence-corrected chi connectivity index (χ1v) is 15.1. The summed E-state index contributed by atoms with van der Waals surface area (Å²) in [5.74, 6) is 0. The van der Waals surface area contributed by atoms with Crippen LogP contribution in [0.3, 0.4) is 0 Å². The van der Waals surface area contributed by atoms with Crippen molar-refractivity contribution in [3.8, 4) is 22.3 Å². The molecule has 7 aromatic carbocycles. The largest absolute Gasteiger partial charge is 0.309 e. The Morgan fingerprint density at radius 3 is 1.69 bits per heavy atom. The SMILES string of the molecule is c1ccc(-c2ccccc2-c2ccc(N(c3ccccc3)c3cccc4c3sc3c5ccccc5ccc43)cc2)cc1. The normalized spacial score (nSPS) is 11.3. The Morgan fingerprint density at radius 2 is 0.929 bits per heavy atom. The molecule has 1 aromatic heterocycles. The smallest absolute Gasteiger partial charge is 0.0640 e. The van der Waals surface area contributed by atoms with Gasteiger partial charge in [-0.1, -0.05) is 133 Å². The average molecular weight is 554 g/mol. The van der Waals surface area contributed by atoms with E-state index in [1.807, 2.05) is 11.3 Å². The second-order valence-electron chi connectivity index (χ2n) is 10.5. The number of hydrogen-bond acceptors (Lipinski definition) is 2. The average Bonchev–Trinajstić information content (AvgIpc) is 3.46. The van der Waals surface area contributed by atoms with E-state index in [0.29, 0.717) is 0 Å². The summed E-state index contributed by atoms with van der Waals surface area (Å²) in [6.07, 6.45) is 0. The van der Waals surface area contributed by atoms with Gasteiger partial charge in [0.2, 0.25) is 0 Å². The fourth-order valence-corrected chi connectivity index (χ4v) is 7.43. The molecule has 8 rings (SSSR count). The molecule has 0 aliphatic heterocycles. The lowest BCUT2D eigenvalue weighted by Gasteiger charge is -2.26. The molecule has 0 unspecified atom stereocenters. The van der Waals surface area contributed by atoms with Gasteiger partial charge in [0.25, 0.3) is 0 Å². The molecule has 1 nitrogen and oxygen atoms in total. The number of fused-ring (bicyclic) bond motifs is 5. The molecule has 0 saturated carbocycles. The van der Waals surface area contributed by atoms with Gasteiger partial charge in [-0.25, -0.2) is 0 Å². The first kappa shape index (κ1) is 24.6. The molecule has 0 N–H and O–H groups in total. The predicted octanol–water partition coefficient (Wildman–Crippen LogP) is 12.0. The number of nitrogens with zero attached hydrogens (tertiary/aromatic N) is 1. The van der Waals surface area contributed by atoms with E-state index in [1.165, 1.54) is 58.9 Å². The Bertz CT molecular complexity index is 2180. The number of benzene rings is 7. The van der Waals surface area contributed by atoms with Crippen molar-refractivity contribution < 1.29 is 0 Å². The van der Waals surface area contributed by atoms with Gasteiger partial charge in [0.05, 0.1) is 10.4 Å². The summed E-state index contributed by atoms with van der Waals surface area (Å²) in [5.41, 5.74) is 8.39. The molecule has 0 atom stereocenters. The molecule has 0 spiro atoms. The van der Waals surface area contributed by atoms with Crippen molar-refractivity contribution in [1.29, 1.82) is 0 Å². The summed E-state index contributed by atoms with van der Waals surface area (Å²) >= 11 is 1.89. The highest BCUT2D eigenvalue weighted by molar-refractivity contribution is 7.27. The molecule has 198 valence electrons. The zero-order valence-electron chi connectivity index (χ0n) is 22.9. The van der Waals surface area contributed by atoms with Gasteiger partial charge in [0.1, 0.15) is 0 Å². The van der Waals surface area contributed by atoms with Gasteiger partial charge in [0.15, 0.2) is 0 Å². The van der Waals surface area contributed by atoms with Crippen LogP contribution >= 0.6 is 11.3 Å². The fraction of sp³-hybridized carbons (Fsp3) is 0. The van der Waals surface area contributed by atoms with Crippen LogP contribution in [0.1, 0.15) is 0 Å². The molecule has 0 saturated heterocycles. The molecule has 0 aliphatic rings. The Kier molecular flexibility index (Phi) is 6.05. The number of thiophene rings is 1. The Balaban J connectivity index is 1.29. The van der Waals surface area contributed by atoms with E-state index in [-0.39, 0.29) is 0 Å². The maximum Gasteiger partial charge on any atom is 0.0640 e. The van der Waals surface area contributed by atoms with Crippen molar-refractivity contribution >= 4 is 59.3 Å². The van der Waals surface area contributed by atoms with Crippen LogP contribution in [0.5, 0.6) is 0 Å². The summed E-state index contributed by atoms with van der Waals surface area (Å²) in [4.78, 5) is 2.40. The molecular formula is C40H27NS.